The van der Waals surface area contributed by atoms with E-state index in [0.29, 0.717) is 17.3 Å². The van der Waals surface area contributed by atoms with Gasteiger partial charge in [0.25, 0.3) is 0 Å². The number of fused-ring (bicyclic) bond motifs is 1. The summed E-state index contributed by atoms with van der Waals surface area (Å²) in [5.74, 6) is 0.594. The van der Waals surface area contributed by atoms with Gasteiger partial charge in [0.2, 0.25) is 0 Å². The number of aliphatic imine (C=N–C) groups is 1. The molecule has 0 saturated carbocycles. The highest BCUT2D eigenvalue weighted by molar-refractivity contribution is 6.43. The molecule has 5 heteroatoms. The van der Waals surface area contributed by atoms with E-state index in [4.69, 9.17) is 4.99 Å². The number of allylic oxidation sites excluding steroid dienone is 1. The molecule has 0 fully saturated rings. The lowest BCUT2D eigenvalue weighted by Gasteiger charge is -2.14. The van der Waals surface area contributed by atoms with E-state index in [-0.39, 0.29) is 5.92 Å². The summed E-state index contributed by atoms with van der Waals surface area (Å²) in [6.07, 6.45) is 2.88. The molecule has 0 saturated heterocycles. The minimum Gasteiger partial charge on any atom is -0.324 e. The highest BCUT2D eigenvalue weighted by Crippen LogP contribution is 2.39. The van der Waals surface area contributed by atoms with Crippen molar-refractivity contribution in [2.24, 2.45) is 16.8 Å². The van der Waals surface area contributed by atoms with Crippen molar-refractivity contribution in [3.8, 4) is 11.3 Å². The summed E-state index contributed by atoms with van der Waals surface area (Å²) in [6.45, 7) is 10.4. The van der Waals surface area contributed by atoms with Crippen molar-refractivity contribution in [1.82, 2.24) is 4.48 Å². The summed E-state index contributed by atoms with van der Waals surface area (Å²) in [5, 5.41) is 1.67. The van der Waals surface area contributed by atoms with E-state index in [1.807, 2.05) is 69.3 Å². The second-order valence-electron chi connectivity index (χ2n) is 8.35. The maximum atomic E-state index is 14.5. The Morgan fingerprint density at radius 2 is 1.73 bits per heavy atom. The molecule has 2 unspecified atom stereocenters. The third-order valence-electron chi connectivity index (χ3n) is 6.57. The van der Waals surface area contributed by atoms with Crippen molar-refractivity contribution in [3.05, 3.63) is 65.0 Å². The monoisotopic (exact) mass is 404 g/mol. The molecule has 4 rings (SSSR count). The molecule has 0 amide bonds. The number of rotatable bonds is 4. The van der Waals surface area contributed by atoms with Crippen molar-refractivity contribution in [2.45, 2.75) is 41.0 Å². The van der Waals surface area contributed by atoms with E-state index in [1.165, 1.54) is 4.48 Å². The van der Waals surface area contributed by atoms with E-state index in [9.17, 15) is 8.63 Å². The Labute approximate surface area is 177 Å². The zero-order valence-electron chi connectivity index (χ0n) is 18.2. The van der Waals surface area contributed by atoms with E-state index in [2.05, 4.69) is 13.8 Å². The van der Waals surface area contributed by atoms with Crippen LogP contribution in [-0.2, 0) is 0 Å². The smallest absolute Gasteiger partial charge is 0.324 e. The summed E-state index contributed by atoms with van der Waals surface area (Å²) < 4.78 is 30.1. The lowest BCUT2D eigenvalue weighted by atomic mass is 9.89. The highest BCUT2D eigenvalue weighted by atomic mass is 19.2. The van der Waals surface area contributed by atoms with Crippen LogP contribution in [0.25, 0.3) is 28.1 Å². The van der Waals surface area contributed by atoms with Gasteiger partial charge < -0.3 is 4.48 Å². The molecule has 1 aliphatic rings. The first-order valence-electron chi connectivity index (χ1n) is 10.6. The van der Waals surface area contributed by atoms with Crippen molar-refractivity contribution in [2.75, 3.05) is 0 Å². The lowest BCUT2D eigenvalue weighted by Crippen LogP contribution is -2.16. The number of benzene rings is 2. The molecule has 1 aliphatic heterocycles. The number of hydrogen-bond donors (Lipinski definition) is 0. The molecule has 1 aromatic heterocycles. The standard InChI is InChI=1S/C25H27BF2N2/c1-6-20-17(4)23(29-18(20)5)14-24-21-9-7-8-10-22(21)25(30(24)26(27)28)19-12-11-15(2)16(3)13-19/h7-14,17,20H,6H2,1-5H3/b23-14-. The summed E-state index contributed by atoms with van der Waals surface area (Å²) in [7, 11) is -2.65. The van der Waals surface area contributed by atoms with Crippen LogP contribution in [0.4, 0.5) is 8.63 Å². The molecule has 2 aromatic carbocycles. The summed E-state index contributed by atoms with van der Waals surface area (Å²) in [6, 6.07) is 13.6. The Kier molecular flexibility index (Phi) is 5.39. The second-order valence-corrected chi connectivity index (χ2v) is 8.35. The molecule has 0 radical (unpaired) electrons. The predicted molar refractivity (Wildman–Crippen MR) is 124 cm³/mol. The van der Waals surface area contributed by atoms with Crippen LogP contribution in [0.2, 0.25) is 0 Å². The molecular weight excluding hydrogens is 377 g/mol. The summed E-state index contributed by atoms with van der Waals surface area (Å²) in [4.78, 5) is 4.75. The number of halogens is 2. The SMILES string of the molecule is CCC1C(C)=N/C(=C\c2c3ccccc3c(-c3ccc(C)c(C)c3)n2B(F)F)C1C. The van der Waals surface area contributed by atoms with Gasteiger partial charge >= 0.3 is 7.40 Å². The van der Waals surface area contributed by atoms with E-state index < -0.39 is 7.40 Å². The fourth-order valence-electron chi connectivity index (χ4n) is 4.74. The van der Waals surface area contributed by atoms with Crippen LogP contribution in [0.5, 0.6) is 0 Å². The van der Waals surface area contributed by atoms with Gasteiger partial charge in [0.05, 0.1) is 0 Å². The van der Waals surface area contributed by atoms with Crippen LogP contribution < -0.4 is 0 Å². The average molecular weight is 404 g/mol. The topological polar surface area (TPSA) is 17.3 Å². The van der Waals surface area contributed by atoms with E-state index in [1.54, 1.807) is 0 Å². The first-order chi connectivity index (χ1) is 14.3. The van der Waals surface area contributed by atoms with Gasteiger partial charge in [-0.3, -0.25) is 13.6 Å². The van der Waals surface area contributed by atoms with Gasteiger partial charge in [0.1, 0.15) is 0 Å². The van der Waals surface area contributed by atoms with Crippen molar-refractivity contribution < 1.29 is 8.63 Å². The third kappa shape index (κ3) is 3.30. The fraction of sp³-hybridized carbons (Fsp3) is 0.320. The number of nitrogens with zero attached hydrogens (tertiary/aromatic N) is 2. The zero-order valence-corrected chi connectivity index (χ0v) is 18.2. The summed E-state index contributed by atoms with van der Waals surface area (Å²) in [5.41, 5.74) is 6.12. The Morgan fingerprint density at radius 1 is 1.03 bits per heavy atom. The highest BCUT2D eigenvalue weighted by Gasteiger charge is 2.31. The van der Waals surface area contributed by atoms with Gasteiger partial charge in [-0.2, -0.15) is 0 Å². The number of hydrogen-bond acceptors (Lipinski definition) is 1. The fourth-order valence-corrected chi connectivity index (χ4v) is 4.74. The first-order valence-corrected chi connectivity index (χ1v) is 10.6. The molecule has 2 atom stereocenters. The van der Waals surface area contributed by atoms with Crippen LogP contribution in [0.3, 0.4) is 0 Å². The molecule has 2 heterocycles. The summed E-state index contributed by atoms with van der Waals surface area (Å²) >= 11 is 0. The zero-order chi connectivity index (χ0) is 21.6. The van der Waals surface area contributed by atoms with Gasteiger partial charge in [-0.15, -0.1) is 0 Å². The minimum absolute atomic E-state index is 0.222. The molecule has 0 spiro atoms. The molecule has 0 N–H and O–H groups in total. The molecule has 0 aliphatic carbocycles. The van der Waals surface area contributed by atoms with Crippen molar-refractivity contribution >= 4 is 30.0 Å². The Morgan fingerprint density at radius 3 is 2.33 bits per heavy atom. The van der Waals surface area contributed by atoms with Crippen LogP contribution in [0.15, 0.2) is 53.2 Å². The quantitative estimate of drug-likeness (QED) is 0.410. The van der Waals surface area contributed by atoms with Crippen molar-refractivity contribution in [1.29, 1.82) is 0 Å². The first kappa shape index (κ1) is 20.6. The van der Waals surface area contributed by atoms with Crippen LogP contribution in [0.1, 0.15) is 44.0 Å². The molecular formula is C25H27BF2N2. The maximum absolute atomic E-state index is 14.5. The van der Waals surface area contributed by atoms with Crippen LogP contribution >= 0.6 is 0 Å². The van der Waals surface area contributed by atoms with Crippen LogP contribution in [-0.4, -0.2) is 17.6 Å². The van der Waals surface area contributed by atoms with Gasteiger partial charge in [0.15, 0.2) is 0 Å². The molecule has 0 bridgehead atoms. The number of aryl methyl sites for hydroxylation is 2. The molecule has 3 aromatic rings. The number of aromatic nitrogens is 1. The van der Waals surface area contributed by atoms with Crippen LogP contribution in [0, 0.1) is 25.7 Å². The van der Waals surface area contributed by atoms with Gasteiger partial charge in [0, 0.05) is 45.4 Å². The third-order valence-corrected chi connectivity index (χ3v) is 6.57. The molecule has 154 valence electrons. The van der Waals surface area contributed by atoms with Gasteiger partial charge in [-0.05, 0) is 56.0 Å². The Bertz CT molecular complexity index is 1170. The molecule has 2 nitrogen and oxygen atoms in total. The lowest BCUT2D eigenvalue weighted by molar-refractivity contribution is 0.528. The Balaban J connectivity index is 2.01. The maximum Gasteiger partial charge on any atom is 0.678 e. The Hall–Kier alpha value is -2.69. The van der Waals surface area contributed by atoms with Crippen molar-refractivity contribution in [3.63, 3.8) is 0 Å². The normalized spacial score (nSPS) is 20.2. The second kappa shape index (κ2) is 7.86. The largest absolute Gasteiger partial charge is 0.678 e. The van der Waals surface area contributed by atoms with E-state index >= 15 is 0 Å². The average Bonchev–Trinajstić information content (AvgIpc) is 3.18. The molecule has 30 heavy (non-hydrogen) atoms. The van der Waals surface area contributed by atoms with E-state index in [0.717, 1.165) is 45.3 Å². The predicted octanol–water partition coefficient (Wildman–Crippen LogP) is 7.17. The minimum atomic E-state index is -2.65. The van der Waals surface area contributed by atoms with Gasteiger partial charge in [-0.25, -0.2) is 0 Å². The van der Waals surface area contributed by atoms with Gasteiger partial charge in [-0.1, -0.05) is 50.2 Å².